The lowest BCUT2D eigenvalue weighted by Gasteiger charge is -2.39. The van der Waals surface area contributed by atoms with Gasteiger partial charge in [-0.25, -0.2) is 4.39 Å². The summed E-state index contributed by atoms with van der Waals surface area (Å²) in [6.07, 6.45) is 1.09. The maximum atomic E-state index is 14.4. The number of ether oxygens (including phenoxy) is 1. The molecule has 40 heavy (non-hydrogen) atoms. The summed E-state index contributed by atoms with van der Waals surface area (Å²) in [5.41, 5.74) is 6.44. The van der Waals surface area contributed by atoms with Crippen LogP contribution in [0.5, 0.6) is 5.75 Å². The van der Waals surface area contributed by atoms with Gasteiger partial charge in [0.05, 0.1) is 31.1 Å². The van der Waals surface area contributed by atoms with Gasteiger partial charge in [0.2, 0.25) is 0 Å². The first-order chi connectivity index (χ1) is 18.6. The number of hydrogen-bond acceptors (Lipinski definition) is 5. The second kappa shape index (κ2) is 9.96. The molecule has 1 aliphatic heterocycles. The lowest BCUT2D eigenvalue weighted by atomic mass is 9.82. The van der Waals surface area contributed by atoms with E-state index >= 15 is 0 Å². The molecule has 216 valence electrons. The van der Waals surface area contributed by atoms with Gasteiger partial charge in [-0.1, -0.05) is 41.5 Å². The molecule has 7 nitrogen and oxygen atoms in total. The zero-order valence-electron chi connectivity index (χ0n) is 25.3. The Labute approximate surface area is 237 Å². The van der Waals surface area contributed by atoms with Crippen LogP contribution < -0.4 is 15.6 Å². The fourth-order valence-corrected chi connectivity index (χ4v) is 7.18. The van der Waals surface area contributed by atoms with Crippen LogP contribution in [0.2, 0.25) is 18.1 Å². The van der Waals surface area contributed by atoms with Gasteiger partial charge in [-0.15, -0.1) is 0 Å². The molecule has 1 aliphatic carbocycles. The quantitative estimate of drug-likeness (QED) is 0.346. The summed E-state index contributed by atoms with van der Waals surface area (Å²) in [5, 5.41) is 8.59. The van der Waals surface area contributed by atoms with Crippen LogP contribution in [0.4, 0.5) is 4.39 Å². The highest BCUT2D eigenvalue weighted by Crippen LogP contribution is 2.50. The van der Waals surface area contributed by atoms with Crippen LogP contribution in [0, 0.1) is 5.82 Å². The molecule has 2 aromatic heterocycles. The van der Waals surface area contributed by atoms with Gasteiger partial charge in [-0.3, -0.25) is 9.48 Å². The van der Waals surface area contributed by atoms with Crippen molar-refractivity contribution in [3.8, 4) is 28.3 Å². The molecule has 0 fully saturated rings. The number of benzene rings is 1. The molecule has 3 heterocycles. The second-order valence-corrected chi connectivity index (χ2v) is 18.4. The van der Waals surface area contributed by atoms with Crippen LogP contribution in [-0.4, -0.2) is 36.7 Å². The first-order valence-corrected chi connectivity index (χ1v) is 17.2. The Morgan fingerprint density at radius 3 is 2.52 bits per heavy atom. The number of hydrogen-bond donors (Lipinski definition) is 2. The Bertz CT molecular complexity index is 1510. The van der Waals surface area contributed by atoms with Gasteiger partial charge in [-0.05, 0) is 54.1 Å². The molecule has 1 atom stereocenters. The number of nitrogens with zero attached hydrogens (tertiary/aromatic N) is 2. The second-order valence-electron chi connectivity index (χ2n) is 13.7. The van der Waals surface area contributed by atoms with Gasteiger partial charge in [0, 0.05) is 41.4 Å². The van der Waals surface area contributed by atoms with E-state index in [0.29, 0.717) is 24.4 Å². The van der Waals surface area contributed by atoms with Crippen molar-refractivity contribution in [2.75, 3.05) is 13.7 Å². The normalized spacial score (nSPS) is 17.6. The first-order valence-electron chi connectivity index (χ1n) is 14.3. The number of H-pyrrole nitrogens is 1. The van der Waals surface area contributed by atoms with Crippen molar-refractivity contribution in [3.05, 3.63) is 56.8 Å². The van der Waals surface area contributed by atoms with Crippen molar-refractivity contribution >= 4 is 8.32 Å². The average molecular weight is 567 g/mol. The molecule has 0 bridgehead atoms. The van der Waals surface area contributed by atoms with Gasteiger partial charge < -0.3 is 19.5 Å². The van der Waals surface area contributed by atoms with E-state index in [9.17, 15) is 9.18 Å². The molecule has 1 aromatic carbocycles. The van der Waals surface area contributed by atoms with E-state index in [0.717, 1.165) is 58.7 Å². The van der Waals surface area contributed by atoms with E-state index in [2.05, 4.69) is 69.6 Å². The Morgan fingerprint density at radius 2 is 1.88 bits per heavy atom. The van der Waals surface area contributed by atoms with E-state index in [1.54, 1.807) is 13.2 Å². The SMILES string of the molecule is COc1cc(F)ccc1-c1c(-c2nn3c(c2C(C)(C)C)CNCC3)[nH]c(=O)c2c1C(O[Si](C)(C)C(C)(C)C)CC2. The Balaban J connectivity index is 1.86. The lowest BCUT2D eigenvalue weighted by molar-refractivity contribution is 0.185. The van der Waals surface area contributed by atoms with Gasteiger partial charge in [0.1, 0.15) is 17.3 Å². The summed E-state index contributed by atoms with van der Waals surface area (Å²) in [7, 11) is -0.637. The minimum Gasteiger partial charge on any atom is -0.496 e. The minimum absolute atomic E-state index is 0.00282. The monoisotopic (exact) mass is 566 g/mol. The van der Waals surface area contributed by atoms with E-state index in [4.69, 9.17) is 14.3 Å². The smallest absolute Gasteiger partial charge is 0.252 e. The van der Waals surface area contributed by atoms with Crippen LogP contribution in [0.25, 0.3) is 22.5 Å². The number of pyridine rings is 1. The number of halogens is 1. The molecular weight excluding hydrogens is 523 g/mol. The highest BCUT2D eigenvalue weighted by Gasteiger charge is 2.43. The van der Waals surface area contributed by atoms with Gasteiger partial charge >= 0.3 is 0 Å². The molecule has 0 radical (unpaired) electrons. The molecule has 5 rings (SSSR count). The summed E-state index contributed by atoms with van der Waals surface area (Å²) in [6, 6.07) is 4.61. The topological polar surface area (TPSA) is 81.2 Å². The predicted octanol–water partition coefficient (Wildman–Crippen LogP) is 6.46. The summed E-state index contributed by atoms with van der Waals surface area (Å²) in [4.78, 5) is 17.0. The molecule has 0 saturated carbocycles. The van der Waals surface area contributed by atoms with Gasteiger partial charge in [0.25, 0.3) is 5.56 Å². The lowest BCUT2D eigenvalue weighted by Crippen LogP contribution is -2.41. The van der Waals surface area contributed by atoms with Crippen LogP contribution in [0.1, 0.15) is 76.5 Å². The molecule has 3 aromatic rings. The average Bonchev–Trinajstić information content (AvgIpc) is 3.45. The molecule has 2 aliphatic rings. The number of methoxy groups -OCH3 is 1. The van der Waals surface area contributed by atoms with E-state index in [1.807, 2.05) is 0 Å². The van der Waals surface area contributed by atoms with Crippen molar-refractivity contribution in [2.45, 2.75) is 97.1 Å². The standard InChI is InChI=1S/C31H43FN4O3Si/c1-30(2,3)26-21-17-33-14-15-36(21)35-28(26)27-25(19-11-10-18(32)16-23(19)38-7)24-20(29(37)34-27)12-13-22(24)39-40(8,9)31(4,5)6/h10-11,16,22,33H,12-15,17H2,1-9H3,(H,34,37). The van der Waals surface area contributed by atoms with Crippen LogP contribution in [0.3, 0.4) is 0 Å². The predicted molar refractivity (Wildman–Crippen MR) is 160 cm³/mol. The molecule has 0 amide bonds. The van der Waals surface area contributed by atoms with Crippen LogP contribution >= 0.6 is 0 Å². The largest absolute Gasteiger partial charge is 0.496 e. The number of nitrogens with one attached hydrogen (secondary N) is 2. The number of aromatic nitrogens is 3. The molecule has 0 saturated heterocycles. The number of aromatic amines is 1. The van der Waals surface area contributed by atoms with Crippen molar-refractivity contribution in [3.63, 3.8) is 0 Å². The molecule has 2 N–H and O–H groups in total. The Kier molecular flexibility index (Phi) is 7.16. The summed E-state index contributed by atoms with van der Waals surface area (Å²) in [6.45, 7) is 20.0. The Hall–Kier alpha value is -2.75. The maximum Gasteiger partial charge on any atom is 0.252 e. The summed E-state index contributed by atoms with van der Waals surface area (Å²) < 4.78 is 29.2. The number of fused-ring (bicyclic) bond motifs is 2. The summed E-state index contributed by atoms with van der Waals surface area (Å²) in [5.74, 6) is 0.0348. The van der Waals surface area contributed by atoms with Crippen LogP contribution in [0.15, 0.2) is 23.0 Å². The first kappa shape index (κ1) is 28.8. The van der Waals surface area contributed by atoms with Gasteiger partial charge in [-0.2, -0.15) is 5.10 Å². The maximum absolute atomic E-state index is 14.4. The minimum atomic E-state index is -2.19. The molecule has 9 heteroatoms. The van der Waals surface area contributed by atoms with Crippen molar-refractivity contribution in [2.24, 2.45) is 0 Å². The van der Waals surface area contributed by atoms with E-state index < -0.39 is 8.32 Å². The fraction of sp³-hybridized carbons (Fsp3) is 0.548. The van der Waals surface area contributed by atoms with Gasteiger partial charge in [0.15, 0.2) is 8.32 Å². The third-order valence-electron chi connectivity index (χ3n) is 8.85. The Morgan fingerprint density at radius 1 is 1.15 bits per heavy atom. The number of rotatable bonds is 5. The fourth-order valence-electron chi connectivity index (χ4n) is 5.88. The third kappa shape index (κ3) is 4.86. The van der Waals surface area contributed by atoms with Crippen molar-refractivity contribution in [1.29, 1.82) is 0 Å². The third-order valence-corrected chi connectivity index (χ3v) is 13.3. The van der Waals surface area contributed by atoms with Crippen molar-refractivity contribution < 1.29 is 13.6 Å². The molecule has 1 unspecified atom stereocenters. The molecule has 0 spiro atoms. The molecular formula is C31H43FN4O3Si. The zero-order chi connectivity index (χ0) is 29.2. The van der Waals surface area contributed by atoms with Crippen LogP contribution in [-0.2, 0) is 29.4 Å². The van der Waals surface area contributed by atoms with E-state index in [1.165, 1.54) is 12.1 Å². The zero-order valence-corrected chi connectivity index (χ0v) is 26.3. The highest BCUT2D eigenvalue weighted by atomic mass is 28.4. The van der Waals surface area contributed by atoms with Crippen molar-refractivity contribution in [1.82, 2.24) is 20.1 Å². The van der Waals surface area contributed by atoms with E-state index in [-0.39, 0.29) is 27.9 Å². The highest BCUT2D eigenvalue weighted by molar-refractivity contribution is 6.74. The summed E-state index contributed by atoms with van der Waals surface area (Å²) >= 11 is 0.